The van der Waals surface area contributed by atoms with Crippen LogP contribution in [-0.2, 0) is 9.59 Å². The Morgan fingerprint density at radius 3 is 2.39 bits per heavy atom. The summed E-state index contributed by atoms with van der Waals surface area (Å²) in [6, 6.07) is 18.6. The quantitative estimate of drug-likeness (QED) is 0.284. The number of methoxy groups -OCH3 is 2. The molecule has 6 nitrogen and oxygen atoms in total. The Morgan fingerprint density at radius 1 is 0.970 bits per heavy atom. The number of aliphatic hydroxyl groups is 1. The van der Waals surface area contributed by atoms with Gasteiger partial charge in [-0.2, -0.15) is 0 Å². The fraction of sp³-hybridized carbons (Fsp3) is 0.154. The molecule has 7 heteroatoms. The maximum absolute atomic E-state index is 13.3. The highest BCUT2D eigenvalue weighted by Crippen LogP contribution is 2.43. The number of ketones is 1. The van der Waals surface area contributed by atoms with Crippen molar-refractivity contribution in [3.63, 3.8) is 0 Å². The zero-order valence-corrected chi connectivity index (χ0v) is 19.9. The number of anilines is 1. The van der Waals surface area contributed by atoms with Gasteiger partial charge in [-0.25, -0.2) is 0 Å². The molecule has 1 N–H and O–H groups in total. The molecule has 0 saturated carbocycles. The van der Waals surface area contributed by atoms with Crippen molar-refractivity contribution in [2.45, 2.75) is 13.0 Å². The van der Waals surface area contributed by atoms with E-state index in [9.17, 15) is 14.7 Å². The van der Waals surface area contributed by atoms with Crippen LogP contribution in [0, 0.1) is 6.92 Å². The lowest BCUT2D eigenvalue weighted by Crippen LogP contribution is -2.29. The van der Waals surface area contributed by atoms with Crippen LogP contribution in [0.1, 0.15) is 22.7 Å². The van der Waals surface area contributed by atoms with Crippen molar-refractivity contribution in [2.24, 2.45) is 0 Å². The minimum Gasteiger partial charge on any atom is -0.507 e. The number of carbonyl (C=O) groups excluding carboxylic acids is 2. The molecule has 1 amide bonds. The van der Waals surface area contributed by atoms with Crippen LogP contribution >= 0.6 is 15.9 Å². The summed E-state index contributed by atoms with van der Waals surface area (Å²) in [5, 5.41) is 11.3. The predicted octanol–water partition coefficient (Wildman–Crippen LogP) is 5.40. The molecule has 33 heavy (non-hydrogen) atoms. The summed E-state index contributed by atoms with van der Waals surface area (Å²) in [7, 11) is 3.07. The number of hydrogen-bond acceptors (Lipinski definition) is 5. The van der Waals surface area contributed by atoms with Gasteiger partial charge in [-0.05, 0) is 58.7 Å². The number of hydrogen-bond donors (Lipinski definition) is 1. The predicted molar refractivity (Wildman–Crippen MR) is 130 cm³/mol. The lowest BCUT2D eigenvalue weighted by Gasteiger charge is -2.26. The smallest absolute Gasteiger partial charge is 0.300 e. The number of halogens is 1. The van der Waals surface area contributed by atoms with Gasteiger partial charge in [0.1, 0.15) is 17.3 Å². The molecule has 0 aromatic heterocycles. The Morgan fingerprint density at radius 2 is 1.73 bits per heavy atom. The average molecular weight is 508 g/mol. The van der Waals surface area contributed by atoms with E-state index < -0.39 is 17.7 Å². The SMILES string of the molecule is COc1cccc(N2C(=O)C(=O)/C(=C(/O)c3ccc(OC)c(Br)c3)C2c2cccc(C)c2)c1. The Bertz CT molecular complexity index is 1280. The highest BCUT2D eigenvalue weighted by molar-refractivity contribution is 9.10. The second-order valence-corrected chi connectivity index (χ2v) is 8.49. The molecule has 1 unspecified atom stereocenters. The van der Waals surface area contributed by atoms with E-state index >= 15 is 0 Å². The normalized spacial score (nSPS) is 17.3. The molecule has 0 radical (unpaired) electrons. The maximum Gasteiger partial charge on any atom is 0.300 e. The number of nitrogens with zero attached hydrogens (tertiary/aromatic N) is 1. The Balaban J connectivity index is 1.95. The highest BCUT2D eigenvalue weighted by Gasteiger charge is 2.47. The van der Waals surface area contributed by atoms with E-state index in [2.05, 4.69) is 15.9 Å². The standard InChI is InChI=1S/C26H22BrNO5/c1-15-6-4-7-16(12-15)23-22(24(29)17-10-11-21(33-3)20(27)13-17)25(30)26(31)28(23)18-8-5-9-19(14-18)32-2/h4-14,23,29H,1-3H3/b24-22+. The third kappa shape index (κ3) is 4.12. The molecule has 0 bridgehead atoms. The fourth-order valence-electron chi connectivity index (χ4n) is 3.98. The summed E-state index contributed by atoms with van der Waals surface area (Å²) in [5.74, 6) is -0.596. The third-order valence-electron chi connectivity index (χ3n) is 5.56. The first-order valence-electron chi connectivity index (χ1n) is 10.2. The van der Waals surface area contributed by atoms with Crippen LogP contribution in [-0.4, -0.2) is 31.0 Å². The lowest BCUT2D eigenvalue weighted by atomic mass is 9.94. The molecule has 1 aliphatic rings. The summed E-state index contributed by atoms with van der Waals surface area (Å²) in [6.07, 6.45) is 0. The maximum atomic E-state index is 13.3. The molecule has 1 saturated heterocycles. The van der Waals surface area contributed by atoms with Crippen LogP contribution in [0.25, 0.3) is 5.76 Å². The van der Waals surface area contributed by atoms with Gasteiger partial charge in [-0.3, -0.25) is 14.5 Å². The van der Waals surface area contributed by atoms with Gasteiger partial charge in [0.15, 0.2) is 0 Å². The van der Waals surface area contributed by atoms with Crippen LogP contribution in [0.5, 0.6) is 11.5 Å². The molecular formula is C26H22BrNO5. The van der Waals surface area contributed by atoms with Gasteiger partial charge in [-0.15, -0.1) is 0 Å². The van der Waals surface area contributed by atoms with Crippen molar-refractivity contribution < 1.29 is 24.2 Å². The second kappa shape index (κ2) is 9.11. The van der Waals surface area contributed by atoms with Crippen LogP contribution in [0.3, 0.4) is 0 Å². The van der Waals surface area contributed by atoms with Gasteiger partial charge in [0.2, 0.25) is 0 Å². The first-order chi connectivity index (χ1) is 15.8. The molecule has 3 aromatic carbocycles. The minimum absolute atomic E-state index is 0.0190. The second-order valence-electron chi connectivity index (χ2n) is 7.63. The highest BCUT2D eigenvalue weighted by atomic mass is 79.9. The first-order valence-corrected chi connectivity index (χ1v) is 11.0. The van der Waals surface area contributed by atoms with Crippen molar-refractivity contribution in [1.82, 2.24) is 0 Å². The Hall–Kier alpha value is -3.58. The summed E-state index contributed by atoms with van der Waals surface area (Å²) >= 11 is 3.41. The summed E-state index contributed by atoms with van der Waals surface area (Å²) in [5.41, 5.74) is 2.59. The number of amides is 1. The summed E-state index contributed by atoms with van der Waals surface area (Å²) in [6.45, 7) is 1.93. The minimum atomic E-state index is -0.808. The van der Waals surface area contributed by atoms with Gasteiger partial charge in [0, 0.05) is 17.3 Å². The van der Waals surface area contributed by atoms with Gasteiger partial charge in [0.25, 0.3) is 11.7 Å². The zero-order chi connectivity index (χ0) is 23.7. The molecule has 0 spiro atoms. The summed E-state index contributed by atoms with van der Waals surface area (Å²) < 4.78 is 11.2. The van der Waals surface area contributed by atoms with Crippen molar-refractivity contribution in [3.05, 3.63) is 93.5 Å². The van der Waals surface area contributed by atoms with E-state index in [1.54, 1.807) is 42.5 Å². The van der Waals surface area contributed by atoms with Gasteiger partial charge in [-0.1, -0.05) is 35.9 Å². The number of Topliss-reactive ketones (excluding diaryl/α,β-unsaturated/α-hetero) is 1. The zero-order valence-electron chi connectivity index (χ0n) is 18.3. The van der Waals surface area contributed by atoms with Gasteiger partial charge < -0.3 is 14.6 Å². The topological polar surface area (TPSA) is 76.1 Å². The van der Waals surface area contributed by atoms with Crippen LogP contribution in [0.15, 0.2) is 76.8 Å². The molecule has 0 aliphatic carbocycles. The van der Waals surface area contributed by atoms with Crippen molar-refractivity contribution in [3.8, 4) is 11.5 Å². The van der Waals surface area contributed by atoms with E-state index in [4.69, 9.17) is 9.47 Å². The van der Waals surface area contributed by atoms with E-state index in [0.717, 1.165) is 5.56 Å². The van der Waals surface area contributed by atoms with Gasteiger partial charge in [0.05, 0.1) is 30.3 Å². The average Bonchev–Trinajstić information content (AvgIpc) is 3.09. The van der Waals surface area contributed by atoms with Crippen molar-refractivity contribution >= 4 is 39.1 Å². The molecule has 1 aliphatic heterocycles. The largest absolute Gasteiger partial charge is 0.507 e. The third-order valence-corrected chi connectivity index (χ3v) is 6.18. The fourth-order valence-corrected chi connectivity index (χ4v) is 4.52. The number of aliphatic hydroxyl groups excluding tert-OH is 1. The molecule has 168 valence electrons. The van der Waals surface area contributed by atoms with Gasteiger partial charge >= 0.3 is 0 Å². The number of ether oxygens (including phenoxy) is 2. The van der Waals surface area contributed by atoms with Crippen LogP contribution in [0.2, 0.25) is 0 Å². The van der Waals surface area contributed by atoms with E-state index in [0.29, 0.717) is 32.8 Å². The molecule has 4 rings (SSSR count). The lowest BCUT2D eigenvalue weighted by molar-refractivity contribution is -0.132. The number of benzene rings is 3. The van der Waals surface area contributed by atoms with E-state index in [-0.39, 0.29) is 11.3 Å². The number of carbonyl (C=O) groups is 2. The molecular weight excluding hydrogens is 486 g/mol. The molecule has 1 heterocycles. The molecule has 3 aromatic rings. The summed E-state index contributed by atoms with van der Waals surface area (Å²) in [4.78, 5) is 27.9. The van der Waals surface area contributed by atoms with Crippen molar-refractivity contribution in [1.29, 1.82) is 0 Å². The first kappa shape index (κ1) is 22.6. The van der Waals surface area contributed by atoms with Crippen LogP contribution < -0.4 is 14.4 Å². The number of aryl methyl sites for hydroxylation is 1. The molecule has 1 fully saturated rings. The number of rotatable bonds is 5. The van der Waals surface area contributed by atoms with Crippen LogP contribution in [0.4, 0.5) is 5.69 Å². The monoisotopic (exact) mass is 507 g/mol. The van der Waals surface area contributed by atoms with E-state index in [1.165, 1.54) is 19.1 Å². The van der Waals surface area contributed by atoms with E-state index in [1.807, 2.05) is 31.2 Å². The Labute approximate surface area is 200 Å². The van der Waals surface area contributed by atoms with Crippen molar-refractivity contribution in [2.75, 3.05) is 19.1 Å². The Kier molecular flexibility index (Phi) is 6.24. The molecule has 1 atom stereocenters.